The van der Waals surface area contributed by atoms with Crippen LogP contribution in [0, 0.1) is 13.8 Å². The molecule has 0 radical (unpaired) electrons. The van der Waals surface area contributed by atoms with Gasteiger partial charge in [0.25, 0.3) is 5.91 Å². The highest BCUT2D eigenvalue weighted by molar-refractivity contribution is 6.00. The highest BCUT2D eigenvalue weighted by atomic mass is 16.6. The molecule has 29 heavy (non-hydrogen) atoms. The molecule has 1 aromatic heterocycles. The lowest BCUT2D eigenvalue weighted by Crippen LogP contribution is -2.36. The van der Waals surface area contributed by atoms with Gasteiger partial charge in [-0.1, -0.05) is 38.1 Å². The Labute approximate surface area is 172 Å². The van der Waals surface area contributed by atoms with Gasteiger partial charge in [0, 0.05) is 12.8 Å². The molecule has 3 rings (SSSR count). The first-order chi connectivity index (χ1) is 13.8. The van der Waals surface area contributed by atoms with Crippen LogP contribution in [0.2, 0.25) is 0 Å². The van der Waals surface area contributed by atoms with Gasteiger partial charge in [-0.2, -0.15) is 0 Å². The maximum atomic E-state index is 13.0. The van der Waals surface area contributed by atoms with E-state index in [0.717, 1.165) is 18.4 Å². The molecule has 1 atom stereocenters. The number of aryl methyl sites for hydroxylation is 1. The van der Waals surface area contributed by atoms with Crippen molar-refractivity contribution in [2.45, 2.75) is 52.0 Å². The van der Waals surface area contributed by atoms with E-state index in [0.29, 0.717) is 29.1 Å². The number of hydrogen-bond acceptors (Lipinski definition) is 4. The van der Waals surface area contributed by atoms with Crippen LogP contribution in [0.1, 0.15) is 76.0 Å². The number of rotatable bonds is 6. The number of ether oxygens (including phenoxy) is 2. The predicted molar refractivity (Wildman–Crippen MR) is 111 cm³/mol. The summed E-state index contributed by atoms with van der Waals surface area (Å²) < 4.78 is 10.1. The van der Waals surface area contributed by atoms with E-state index in [1.54, 1.807) is 21.0 Å². The van der Waals surface area contributed by atoms with Crippen molar-refractivity contribution in [2.24, 2.45) is 0 Å². The van der Waals surface area contributed by atoms with Crippen LogP contribution >= 0.6 is 0 Å². The number of amides is 1. The number of esters is 1. The highest BCUT2D eigenvalue weighted by Gasteiger charge is 2.33. The van der Waals surface area contributed by atoms with E-state index >= 15 is 0 Å². The van der Waals surface area contributed by atoms with Crippen molar-refractivity contribution in [3.63, 3.8) is 0 Å². The summed E-state index contributed by atoms with van der Waals surface area (Å²) in [6.07, 6.45) is 1.87. The maximum absolute atomic E-state index is 13.0. The van der Waals surface area contributed by atoms with Crippen molar-refractivity contribution in [1.82, 2.24) is 10.3 Å². The van der Waals surface area contributed by atoms with Gasteiger partial charge in [0.05, 0.1) is 18.2 Å². The zero-order valence-corrected chi connectivity index (χ0v) is 17.8. The Kier molecular flexibility index (Phi) is 6.13. The predicted octanol–water partition coefficient (Wildman–Crippen LogP) is 3.98. The molecule has 156 valence electrons. The number of benzene rings is 1. The number of methoxy groups -OCH3 is 1. The van der Waals surface area contributed by atoms with Crippen LogP contribution in [0.4, 0.5) is 0 Å². The van der Waals surface area contributed by atoms with E-state index in [1.165, 1.54) is 5.56 Å². The van der Waals surface area contributed by atoms with Gasteiger partial charge in [0.2, 0.25) is 0 Å². The molecule has 0 bridgehead atoms. The number of H-pyrrole nitrogens is 1. The Morgan fingerprint density at radius 1 is 1.21 bits per heavy atom. The van der Waals surface area contributed by atoms with Crippen LogP contribution in [0.5, 0.6) is 0 Å². The largest absolute Gasteiger partial charge is 0.460 e. The Hall–Kier alpha value is -2.60. The van der Waals surface area contributed by atoms with Gasteiger partial charge < -0.3 is 19.8 Å². The van der Waals surface area contributed by atoms with Gasteiger partial charge in [-0.05, 0) is 48.8 Å². The van der Waals surface area contributed by atoms with Crippen molar-refractivity contribution >= 4 is 11.9 Å². The summed E-state index contributed by atoms with van der Waals surface area (Å²) in [7, 11) is 1.55. The number of fused-ring (bicyclic) bond motifs is 1. The molecular weight excluding hydrogens is 368 g/mol. The van der Waals surface area contributed by atoms with Crippen molar-refractivity contribution in [3.05, 3.63) is 57.9 Å². The average molecular weight is 399 g/mol. The second-order valence-electron chi connectivity index (χ2n) is 8.29. The van der Waals surface area contributed by atoms with Crippen LogP contribution < -0.4 is 5.32 Å². The van der Waals surface area contributed by atoms with Crippen LogP contribution in [-0.4, -0.2) is 37.2 Å². The van der Waals surface area contributed by atoms with Crippen molar-refractivity contribution in [3.8, 4) is 0 Å². The van der Waals surface area contributed by atoms with Gasteiger partial charge in [-0.15, -0.1) is 0 Å². The quantitative estimate of drug-likeness (QED) is 0.570. The van der Waals surface area contributed by atoms with Crippen LogP contribution in [0.3, 0.4) is 0 Å². The van der Waals surface area contributed by atoms with Gasteiger partial charge in [-0.25, -0.2) is 4.79 Å². The molecular formula is C23H30N2O4. The minimum absolute atomic E-state index is 0.0492. The van der Waals surface area contributed by atoms with Gasteiger partial charge in [0.15, 0.2) is 0 Å². The van der Waals surface area contributed by atoms with E-state index in [-0.39, 0.29) is 24.0 Å². The average Bonchev–Trinajstić information content (AvgIpc) is 2.99. The number of carbonyl (C=O) groups is 2. The third-order valence-electron chi connectivity index (χ3n) is 5.82. The topological polar surface area (TPSA) is 80.4 Å². The zero-order chi connectivity index (χ0) is 21.2. The molecule has 1 aromatic carbocycles. The lowest BCUT2D eigenvalue weighted by atomic mass is 9.71. The monoisotopic (exact) mass is 398 g/mol. The summed E-state index contributed by atoms with van der Waals surface area (Å²) in [5.41, 5.74) is 4.58. The lowest BCUT2D eigenvalue weighted by molar-refractivity contribution is 0.0387. The fourth-order valence-corrected chi connectivity index (χ4v) is 4.17. The van der Waals surface area contributed by atoms with Crippen molar-refractivity contribution in [2.75, 3.05) is 20.3 Å². The minimum Gasteiger partial charge on any atom is -0.460 e. The third-order valence-corrected chi connectivity index (χ3v) is 5.82. The van der Waals surface area contributed by atoms with Gasteiger partial charge in [-0.3, -0.25) is 4.79 Å². The number of carbonyl (C=O) groups excluding carboxylic acids is 2. The summed E-state index contributed by atoms with van der Waals surface area (Å²) in [4.78, 5) is 28.5. The molecule has 0 fully saturated rings. The normalized spacial score (nSPS) is 17.5. The molecule has 0 saturated heterocycles. The van der Waals surface area contributed by atoms with Crippen molar-refractivity contribution in [1.29, 1.82) is 0 Å². The first kappa shape index (κ1) is 21.1. The van der Waals surface area contributed by atoms with E-state index in [9.17, 15) is 9.59 Å². The molecule has 2 N–H and O–H groups in total. The molecule has 1 amide bonds. The molecule has 0 unspecified atom stereocenters. The van der Waals surface area contributed by atoms with Gasteiger partial charge in [0.1, 0.15) is 12.3 Å². The fraction of sp³-hybridized carbons (Fsp3) is 0.478. The lowest BCUT2D eigenvalue weighted by Gasteiger charge is -2.37. The summed E-state index contributed by atoms with van der Waals surface area (Å²) in [6.45, 7) is 8.53. The molecule has 0 spiro atoms. The molecule has 1 aliphatic rings. The smallest absolute Gasteiger partial charge is 0.340 e. The SMILES string of the molecule is COCCOC(=O)c1c(C)[nH]c(C(=O)N[C@H]2CCC(C)(C)c3ccccc32)c1C. The summed E-state index contributed by atoms with van der Waals surface area (Å²) >= 11 is 0. The number of aromatic amines is 1. The Morgan fingerprint density at radius 2 is 1.93 bits per heavy atom. The zero-order valence-electron chi connectivity index (χ0n) is 17.8. The Balaban J connectivity index is 1.80. The van der Waals surface area contributed by atoms with Crippen molar-refractivity contribution < 1.29 is 19.1 Å². The van der Waals surface area contributed by atoms with E-state index in [2.05, 4.69) is 36.3 Å². The van der Waals surface area contributed by atoms with Crippen LogP contribution in [0.25, 0.3) is 0 Å². The molecule has 2 aromatic rings. The molecule has 1 aliphatic carbocycles. The Morgan fingerprint density at radius 3 is 2.66 bits per heavy atom. The van der Waals surface area contributed by atoms with E-state index < -0.39 is 5.97 Å². The standard InChI is InChI=1S/C23H30N2O4/c1-14-19(22(27)29-13-12-28-5)15(2)24-20(14)21(26)25-18-10-11-23(3,4)17-9-7-6-8-16(17)18/h6-9,18,24H,10-13H2,1-5H3,(H,25,26)/t18-/m0/s1. The Bertz CT molecular complexity index is 914. The molecule has 0 saturated carbocycles. The molecule has 1 heterocycles. The summed E-state index contributed by atoms with van der Waals surface area (Å²) in [5.74, 6) is -0.654. The minimum atomic E-state index is -0.447. The molecule has 6 nitrogen and oxygen atoms in total. The third kappa shape index (κ3) is 4.22. The fourth-order valence-electron chi connectivity index (χ4n) is 4.17. The number of hydrogen-bond donors (Lipinski definition) is 2. The van der Waals surface area contributed by atoms with E-state index in [1.807, 2.05) is 12.1 Å². The first-order valence-corrected chi connectivity index (χ1v) is 10.0. The summed E-state index contributed by atoms with van der Waals surface area (Å²) in [6, 6.07) is 8.24. The summed E-state index contributed by atoms with van der Waals surface area (Å²) in [5, 5.41) is 3.16. The van der Waals surface area contributed by atoms with Crippen LogP contribution in [-0.2, 0) is 14.9 Å². The molecule has 6 heteroatoms. The second kappa shape index (κ2) is 8.41. The van der Waals surface area contributed by atoms with Crippen LogP contribution in [0.15, 0.2) is 24.3 Å². The number of aromatic nitrogens is 1. The highest BCUT2D eigenvalue weighted by Crippen LogP contribution is 2.41. The second-order valence-corrected chi connectivity index (χ2v) is 8.29. The van der Waals surface area contributed by atoms with Gasteiger partial charge >= 0.3 is 5.97 Å². The molecule has 0 aliphatic heterocycles. The first-order valence-electron chi connectivity index (χ1n) is 10.0. The number of nitrogens with one attached hydrogen (secondary N) is 2. The maximum Gasteiger partial charge on any atom is 0.340 e. The van der Waals surface area contributed by atoms with E-state index in [4.69, 9.17) is 9.47 Å².